The van der Waals surface area contributed by atoms with Gasteiger partial charge in [0, 0.05) is 24.7 Å². The highest BCUT2D eigenvalue weighted by Crippen LogP contribution is 2.33. The van der Waals surface area contributed by atoms with Gasteiger partial charge < -0.3 is 14.0 Å². The molecule has 122 valence electrons. The number of carbonyl (C=O) groups is 1. The predicted octanol–water partition coefficient (Wildman–Crippen LogP) is 2.69. The molecule has 0 bridgehead atoms. The molecule has 3 aromatic rings. The monoisotopic (exact) mass is 323 g/mol. The van der Waals surface area contributed by atoms with Gasteiger partial charge >= 0.3 is 5.97 Å². The number of esters is 1. The van der Waals surface area contributed by atoms with Crippen LogP contribution in [0.25, 0.3) is 11.2 Å². The molecule has 0 aliphatic carbocycles. The van der Waals surface area contributed by atoms with Gasteiger partial charge in [-0.15, -0.1) is 0 Å². The molecule has 0 amide bonds. The van der Waals surface area contributed by atoms with E-state index < -0.39 is 0 Å². The van der Waals surface area contributed by atoms with E-state index in [4.69, 9.17) is 9.47 Å². The largest absolute Gasteiger partial charge is 0.493 e. The molecule has 0 N–H and O–H groups in total. The summed E-state index contributed by atoms with van der Waals surface area (Å²) in [5.41, 5.74) is 2.93. The van der Waals surface area contributed by atoms with Crippen LogP contribution >= 0.6 is 0 Å². The Morgan fingerprint density at radius 3 is 3.17 bits per heavy atom. The van der Waals surface area contributed by atoms with Crippen molar-refractivity contribution in [3.05, 3.63) is 54.0 Å². The van der Waals surface area contributed by atoms with Crippen LogP contribution in [0.1, 0.15) is 28.3 Å². The molecule has 0 saturated heterocycles. The van der Waals surface area contributed by atoms with E-state index in [2.05, 4.69) is 9.97 Å². The van der Waals surface area contributed by atoms with Gasteiger partial charge in [-0.2, -0.15) is 0 Å². The number of pyridine rings is 1. The van der Waals surface area contributed by atoms with Crippen LogP contribution in [0.3, 0.4) is 0 Å². The van der Waals surface area contributed by atoms with Gasteiger partial charge in [0.2, 0.25) is 0 Å². The highest BCUT2D eigenvalue weighted by Gasteiger charge is 2.23. The van der Waals surface area contributed by atoms with Crippen LogP contribution < -0.4 is 4.74 Å². The van der Waals surface area contributed by atoms with Gasteiger partial charge in [0.25, 0.3) is 0 Å². The minimum absolute atomic E-state index is 0.158. The molecule has 0 spiro atoms. The molecule has 1 atom stereocenters. The molecule has 0 saturated carbocycles. The van der Waals surface area contributed by atoms with Crippen LogP contribution in [0.2, 0.25) is 0 Å². The minimum atomic E-state index is -0.376. The van der Waals surface area contributed by atoms with Gasteiger partial charge in [-0.3, -0.25) is 0 Å². The fourth-order valence-electron chi connectivity index (χ4n) is 2.98. The zero-order chi connectivity index (χ0) is 16.5. The number of benzene rings is 1. The first-order valence-corrected chi connectivity index (χ1v) is 7.88. The van der Waals surface area contributed by atoms with Crippen molar-refractivity contribution in [3.8, 4) is 5.75 Å². The summed E-state index contributed by atoms with van der Waals surface area (Å²) >= 11 is 0. The molecule has 6 nitrogen and oxygen atoms in total. The molecule has 4 rings (SSSR count). The highest BCUT2D eigenvalue weighted by atomic mass is 16.5. The predicted molar refractivity (Wildman–Crippen MR) is 88.1 cm³/mol. The Kier molecular flexibility index (Phi) is 3.65. The van der Waals surface area contributed by atoms with Crippen LogP contribution in [-0.2, 0) is 11.8 Å². The summed E-state index contributed by atoms with van der Waals surface area (Å²) in [6, 6.07) is 9.60. The quantitative estimate of drug-likeness (QED) is 0.693. The fraction of sp³-hybridized carbons (Fsp3) is 0.278. The van der Waals surface area contributed by atoms with Crippen molar-refractivity contribution in [2.24, 2.45) is 7.05 Å². The van der Waals surface area contributed by atoms with Crippen LogP contribution in [0.5, 0.6) is 5.75 Å². The zero-order valence-electron chi connectivity index (χ0n) is 13.3. The van der Waals surface area contributed by atoms with Gasteiger partial charge in [0.1, 0.15) is 11.3 Å². The standard InChI is InChI=1S/C18H17N3O3/c1-21-11-20-15-8-13(9-19-17(15)21)18(22)24-10-12-6-7-23-16-5-3-2-4-14(12)16/h2-5,8-9,11-12H,6-7,10H2,1H3/t12-/m1/s1. The van der Waals surface area contributed by atoms with E-state index in [1.54, 1.807) is 12.4 Å². The first-order chi connectivity index (χ1) is 11.7. The van der Waals surface area contributed by atoms with E-state index in [1.165, 1.54) is 6.20 Å². The Labute approximate surface area is 139 Å². The second-order valence-corrected chi connectivity index (χ2v) is 5.89. The second-order valence-electron chi connectivity index (χ2n) is 5.89. The molecule has 6 heteroatoms. The lowest BCUT2D eigenvalue weighted by molar-refractivity contribution is 0.0459. The van der Waals surface area contributed by atoms with Crippen LogP contribution in [0.4, 0.5) is 0 Å². The zero-order valence-corrected chi connectivity index (χ0v) is 13.3. The molecule has 0 fully saturated rings. The number of ether oxygens (including phenoxy) is 2. The number of hydrogen-bond acceptors (Lipinski definition) is 5. The smallest absolute Gasteiger partial charge is 0.339 e. The Bertz CT molecular complexity index is 903. The number of aromatic nitrogens is 3. The molecular weight excluding hydrogens is 306 g/mol. The fourth-order valence-corrected chi connectivity index (χ4v) is 2.98. The van der Waals surface area contributed by atoms with E-state index in [-0.39, 0.29) is 11.9 Å². The number of aryl methyl sites for hydroxylation is 1. The normalized spacial score (nSPS) is 16.5. The van der Waals surface area contributed by atoms with Gasteiger partial charge in [-0.05, 0) is 18.6 Å². The van der Waals surface area contributed by atoms with Gasteiger partial charge in [0.15, 0.2) is 5.65 Å². The lowest BCUT2D eigenvalue weighted by Crippen LogP contribution is -2.20. The Balaban J connectivity index is 1.48. The number of nitrogens with zero attached hydrogens (tertiary/aromatic N) is 3. The first-order valence-electron chi connectivity index (χ1n) is 7.88. The van der Waals surface area contributed by atoms with Crippen molar-refractivity contribution >= 4 is 17.1 Å². The van der Waals surface area contributed by atoms with Gasteiger partial charge in [0.05, 0.1) is 25.1 Å². The minimum Gasteiger partial charge on any atom is -0.493 e. The molecule has 24 heavy (non-hydrogen) atoms. The van der Waals surface area contributed by atoms with Crippen molar-refractivity contribution in [2.75, 3.05) is 13.2 Å². The molecule has 1 aliphatic heterocycles. The third kappa shape index (κ3) is 2.60. The highest BCUT2D eigenvalue weighted by molar-refractivity contribution is 5.92. The van der Waals surface area contributed by atoms with E-state index in [0.717, 1.165) is 23.4 Å². The number of carbonyl (C=O) groups excluding carboxylic acids is 1. The maximum atomic E-state index is 12.3. The lowest BCUT2D eigenvalue weighted by atomic mass is 9.94. The van der Waals surface area contributed by atoms with Crippen molar-refractivity contribution in [3.63, 3.8) is 0 Å². The summed E-state index contributed by atoms with van der Waals surface area (Å²) in [7, 11) is 1.86. The van der Waals surface area contributed by atoms with E-state index in [9.17, 15) is 4.79 Å². The number of fused-ring (bicyclic) bond motifs is 2. The molecular formula is C18H17N3O3. The maximum absolute atomic E-state index is 12.3. The van der Waals surface area contributed by atoms with Crippen LogP contribution in [0.15, 0.2) is 42.9 Å². The first kappa shape index (κ1) is 14.7. The van der Waals surface area contributed by atoms with Crippen molar-refractivity contribution in [1.82, 2.24) is 14.5 Å². The lowest BCUT2D eigenvalue weighted by Gasteiger charge is -2.25. The Hall–Kier alpha value is -2.89. The SMILES string of the molecule is Cn1cnc2cc(C(=O)OC[C@H]3CCOc4ccccc43)cnc21. The number of imidazole rings is 1. The Morgan fingerprint density at radius 2 is 2.25 bits per heavy atom. The second kappa shape index (κ2) is 5.96. The average molecular weight is 323 g/mol. The average Bonchev–Trinajstić information content (AvgIpc) is 3.00. The van der Waals surface area contributed by atoms with E-state index in [0.29, 0.717) is 24.3 Å². The Morgan fingerprint density at radius 1 is 1.38 bits per heavy atom. The number of rotatable bonds is 3. The molecule has 0 unspecified atom stereocenters. The van der Waals surface area contributed by atoms with Gasteiger partial charge in [-0.1, -0.05) is 18.2 Å². The third-order valence-corrected chi connectivity index (χ3v) is 4.29. The van der Waals surface area contributed by atoms with Crippen LogP contribution in [-0.4, -0.2) is 33.7 Å². The van der Waals surface area contributed by atoms with Crippen molar-refractivity contribution in [2.45, 2.75) is 12.3 Å². The topological polar surface area (TPSA) is 66.2 Å². The molecule has 1 aromatic carbocycles. The molecule has 1 aliphatic rings. The van der Waals surface area contributed by atoms with Crippen molar-refractivity contribution < 1.29 is 14.3 Å². The summed E-state index contributed by atoms with van der Waals surface area (Å²) in [5.74, 6) is 0.658. The van der Waals surface area contributed by atoms with Gasteiger partial charge in [-0.25, -0.2) is 14.8 Å². The molecule has 3 heterocycles. The summed E-state index contributed by atoms with van der Waals surface area (Å²) in [5, 5.41) is 0. The third-order valence-electron chi connectivity index (χ3n) is 4.29. The van der Waals surface area contributed by atoms with Crippen molar-refractivity contribution in [1.29, 1.82) is 0 Å². The molecule has 0 radical (unpaired) electrons. The van der Waals surface area contributed by atoms with E-state index >= 15 is 0 Å². The van der Waals surface area contributed by atoms with Crippen LogP contribution in [0, 0.1) is 0 Å². The molecule has 2 aromatic heterocycles. The summed E-state index contributed by atoms with van der Waals surface area (Å²) in [4.78, 5) is 20.8. The number of hydrogen-bond donors (Lipinski definition) is 0. The van der Waals surface area contributed by atoms with E-state index in [1.807, 2.05) is 35.9 Å². The summed E-state index contributed by atoms with van der Waals surface area (Å²) in [6.07, 6.45) is 4.04. The summed E-state index contributed by atoms with van der Waals surface area (Å²) < 4.78 is 13.0. The number of para-hydroxylation sites is 1. The maximum Gasteiger partial charge on any atom is 0.339 e. The summed E-state index contributed by atoms with van der Waals surface area (Å²) in [6.45, 7) is 0.972.